The van der Waals surface area contributed by atoms with Gasteiger partial charge in [-0.25, -0.2) is 9.59 Å². The first-order valence-corrected chi connectivity index (χ1v) is 12.1. The van der Waals surface area contributed by atoms with E-state index in [-0.39, 0.29) is 36.8 Å². The zero-order chi connectivity index (χ0) is 24.1. The SMILES string of the molecule is CCC(NC(=O)C[C@H]1CCCC[C@H]1NC(=O)OCC1c2ccccc2-c2ccccc21)C(=O)O. The van der Waals surface area contributed by atoms with E-state index in [9.17, 15) is 19.5 Å². The number of benzene rings is 2. The van der Waals surface area contributed by atoms with E-state index in [4.69, 9.17) is 4.74 Å². The van der Waals surface area contributed by atoms with Gasteiger partial charge in [-0.05, 0) is 47.4 Å². The highest BCUT2D eigenvalue weighted by Gasteiger charge is 2.32. The predicted octanol–water partition coefficient (Wildman–Crippen LogP) is 4.45. The molecule has 34 heavy (non-hydrogen) atoms. The van der Waals surface area contributed by atoms with E-state index in [1.807, 2.05) is 24.3 Å². The molecule has 2 amide bonds. The van der Waals surface area contributed by atoms with Crippen molar-refractivity contribution in [3.05, 3.63) is 59.7 Å². The normalized spacial score (nSPS) is 20.0. The second-order valence-corrected chi connectivity index (χ2v) is 9.19. The van der Waals surface area contributed by atoms with Crippen LogP contribution in [0.3, 0.4) is 0 Å². The Morgan fingerprint density at radius 3 is 2.24 bits per heavy atom. The van der Waals surface area contributed by atoms with Crippen molar-refractivity contribution in [2.24, 2.45) is 5.92 Å². The predicted molar refractivity (Wildman–Crippen MR) is 128 cm³/mol. The molecular formula is C27H32N2O5. The molecule has 2 aliphatic rings. The fourth-order valence-electron chi connectivity index (χ4n) is 5.26. The van der Waals surface area contributed by atoms with Crippen molar-refractivity contribution in [1.29, 1.82) is 0 Å². The van der Waals surface area contributed by atoms with Crippen LogP contribution >= 0.6 is 0 Å². The van der Waals surface area contributed by atoms with Crippen LogP contribution in [0.4, 0.5) is 4.79 Å². The first-order chi connectivity index (χ1) is 16.5. The molecule has 2 aliphatic carbocycles. The molecular weight excluding hydrogens is 432 g/mol. The summed E-state index contributed by atoms with van der Waals surface area (Å²) in [7, 11) is 0. The molecule has 7 heteroatoms. The number of rotatable bonds is 8. The lowest BCUT2D eigenvalue weighted by Gasteiger charge is -2.32. The molecule has 2 aromatic carbocycles. The maximum Gasteiger partial charge on any atom is 0.407 e. The fraction of sp³-hybridized carbons (Fsp3) is 0.444. The molecule has 7 nitrogen and oxygen atoms in total. The molecule has 0 saturated heterocycles. The molecule has 2 aromatic rings. The van der Waals surface area contributed by atoms with Crippen molar-refractivity contribution in [2.45, 2.75) is 63.5 Å². The molecule has 3 N–H and O–H groups in total. The standard InChI is InChI=1S/C27H32N2O5/c1-2-23(26(31)32)28-25(30)15-17-9-3-8-14-24(17)29-27(33)34-16-22-20-12-6-4-10-18(20)19-11-5-7-13-21(19)22/h4-7,10-13,17,22-24H,2-3,8-9,14-16H2,1H3,(H,28,30)(H,29,33)(H,31,32)/t17-,23?,24-/m1/s1. The van der Waals surface area contributed by atoms with Crippen LogP contribution < -0.4 is 10.6 Å². The molecule has 4 rings (SSSR count). The Kier molecular flexibility index (Phi) is 7.50. The molecule has 0 spiro atoms. The number of ether oxygens (including phenoxy) is 1. The topological polar surface area (TPSA) is 105 Å². The van der Waals surface area contributed by atoms with Crippen LogP contribution in [0.2, 0.25) is 0 Å². The van der Waals surface area contributed by atoms with E-state index in [1.165, 1.54) is 11.1 Å². The number of hydrogen-bond acceptors (Lipinski definition) is 4. The van der Waals surface area contributed by atoms with Crippen LogP contribution in [0.5, 0.6) is 0 Å². The molecule has 3 atom stereocenters. The van der Waals surface area contributed by atoms with Crippen molar-refractivity contribution in [3.63, 3.8) is 0 Å². The Morgan fingerprint density at radius 1 is 1.00 bits per heavy atom. The lowest BCUT2D eigenvalue weighted by molar-refractivity contribution is -0.142. The number of nitrogens with one attached hydrogen (secondary N) is 2. The third-order valence-corrected chi connectivity index (χ3v) is 7.05. The van der Waals surface area contributed by atoms with Crippen LogP contribution in [0, 0.1) is 5.92 Å². The molecule has 1 fully saturated rings. The average Bonchev–Trinajstić information content (AvgIpc) is 3.16. The molecule has 0 aliphatic heterocycles. The Labute approximate surface area is 199 Å². The number of carboxylic acid groups (broad SMARTS) is 1. The van der Waals surface area contributed by atoms with Crippen LogP contribution in [0.25, 0.3) is 11.1 Å². The number of amides is 2. The lowest BCUT2D eigenvalue weighted by Crippen LogP contribution is -2.46. The number of carboxylic acids is 1. The van der Waals surface area contributed by atoms with Crippen LogP contribution in [-0.4, -0.2) is 41.8 Å². The molecule has 1 saturated carbocycles. The van der Waals surface area contributed by atoms with Gasteiger partial charge < -0.3 is 20.5 Å². The van der Waals surface area contributed by atoms with Gasteiger partial charge in [-0.2, -0.15) is 0 Å². The van der Waals surface area contributed by atoms with Crippen molar-refractivity contribution >= 4 is 18.0 Å². The second-order valence-electron chi connectivity index (χ2n) is 9.19. The number of hydrogen-bond donors (Lipinski definition) is 3. The third-order valence-electron chi connectivity index (χ3n) is 7.05. The van der Waals surface area contributed by atoms with Gasteiger partial charge in [0.05, 0.1) is 0 Å². The molecule has 1 unspecified atom stereocenters. The van der Waals surface area contributed by atoms with Gasteiger partial charge in [0, 0.05) is 18.4 Å². The van der Waals surface area contributed by atoms with Crippen LogP contribution in [-0.2, 0) is 14.3 Å². The highest BCUT2D eigenvalue weighted by molar-refractivity contribution is 5.83. The van der Waals surface area contributed by atoms with Gasteiger partial charge in [-0.3, -0.25) is 4.79 Å². The van der Waals surface area contributed by atoms with Crippen molar-refractivity contribution in [2.75, 3.05) is 6.61 Å². The van der Waals surface area contributed by atoms with E-state index in [0.717, 1.165) is 36.8 Å². The van der Waals surface area contributed by atoms with Gasteiger partial charge >= 0.3 is 12.1 Å². The first kappa shape index (κ1) is 23.8. The highest BCUT2D eigenvalue weighted by atomic mass is 16.5. The Morgan fingerprint density at radius 2 is 1.62 bits per heavy atom. The number of carbonyl (C=O) groups is 3. The maximum absolute atomic E-state index is 12.7. The van der Waals surface area contributed by atoms with Gasteiger partial charge in [-0.1, -0.05) is 68.3 Å². The quantitative estimate of drug-likeness (QED) is 0.535. The van der Waals surface area contributed by atoms with Gasteiger partial charge in [-0.15, -0.1) is 0 Å². The average molecular weight is 465 g/mol. The smallest absolute Gasteiger partial charge is 0.407 e. The summed E-state index contributed by atoms with van der Waals surface area (Å²) in [6.07, 6.45) is 3.58. The minimum atomic E-state index is -1.03. The summed E-state index contributed by atoms with van der Waals surface area (Å²) >= 11 is 0. The van der Waals surface area contributed by atoms with E-state index in [2.05, 4.69) is 34.9 Å². The summed E-state index contributed by atoms with van der Waals surface area (Å²) in [6.45, 7) is 1.97. The van der Waals surface area contributed by atoms with E-state index in [1.54, 1.807) is 6.92 Å². The number of aliphatic carboxylic acids is 1. The minimum absolute atomic E-state index is 0.00641. The van der Waals surface area contributed by atoms with Crippen molar-refractivity contribution in [1.82, 2.24) is 10.6 Å². The Hall–Kier alpha value is -3.35. The van der Waals surface area contributed by atoms with Gasteiger partial charge in [0.15, 0.2) is 0 Å². The Balaban J connectivity index is 1.35. The summed E-state index contributed by atoms with van der Waals surface area (Å²) in [6, 6.07) is 15.3. The second kappa shape index (κ2) is 10.7. The summed E-state index contributed by atoms with van der Waals surface area (Å²) in [4.78, 5) is 36.4. The fourth-order valence-corrected chi connectivity index (χ4v) is 5.26. The molecule has 0 radical (unpaired) electrons. The van der Waals surface area contributed by atoms with Gasteiger partial charge in [0.2, 0.25) is 5.91 Å². The summed E-state index contributed by atoms with van der Waals surface area (Å²) < 4.78 is 5.68. The minimum Gasteiger partial charge on any atom is -0.480 e. The van der Waals surface area contributed by atoms with Crippen molar-refractivity contribution < 1.29 is 24.2 Å². The summed E-state index contributed by atoms with van der Waals surface area (Å²) in [5.74, 6) is -1.37. The van der Waals surface area contributed by atoms with Gasteiger partial charge in [0.1, 0.15) is 12.6 Å². The zero-order valence-electron chi connectivity index (χ0n) is 19.5. The van der Waals surface area contributed by atoms with Crippen LogP contribution in [0.1, 0.15) is 62.5 Å². The maximum atomic E-state index is 12.7. The highest BCUT2D eigenvalue weighted by Crippen LogP contribution is 2.44. The molecule has 180 valence electrons. The monoisotopic (exact) mass is 464 g/mol. The van der Waals surface area contributed by atoms with E-state index >= 15 is 0 Å². The third kappa shape index (κ3) is 5.24. The summed E-state index contributed by atoms with van der Waals surface area (Å²) in [5.41, 5.74) is 4.68. The lowest BCUT2D eigenvalue weighted by atomic mass is 9.82. The number of carbonyl (C=O) groups excluding carboxylic acids is 2. The molecule has 0 aromatic heterocycles. The van der Waals surface area contributed by atoms with E-state index < -0.39 is 18.1 Å². The number of fused-ring (bicyclic) bond motifs is 3. The Bertz CT molecular complexity index is 1010. The first-order valence-electron chi connectivity index (χ1n) is 12.1. The number of alkyl carbamates (subject to hydrolysis) is 1. The van der Waals surface area contributed by atoms with E-state index in [0.29, 0.717) is 6.42 Å². The molecule has 0 heterocycles. The zero-order valence-corrected chi connectivity index (χ0v) is 19.5. The summed E-state index contributed by atoms with van der Waals surface area (Å²) in [5, 5.41) is 14.7. The van der Waals surface area contributed by atoms with Gasteiger partial charge in [0.25, 0.3) is 0 Å². The molecule has 0 bridgehead atoms. The largest absolute Gasteiger partial charge is 0.480 e. The van der Waals surface area contributed by atoms with Crippen LogP contribution in [0.15, 0.2) is 48.5 Å². The van der Waals surface area contributed by atoms with Crippen molar-refractivity contribution in [3.8, 4) is 11.1 Å².